The number of methoxy groups -OCH3 is 1. The van der Waals surface area contributed by atoms with Crippen LogP contribution >= 0.6 is 0 Å². The molecule has 4 nitrogen and oxygen atoms in total. The molecule has 104 valence electrons. The van der Waals surface area contributed by atoms with Crippen LogP contribution in [0.25, 0.3) is 0 Å². The average molecular weight is 263 g/mol. The zero-order chi connectivity index (χ0) is 13.8. The number of hydrogen-bond acceptors (Lipinski definition) is 4. The van der Waals surface area contributed by atoms with Crippen molar-refractivity contribution in [3.63, 3.8) is 0 Å². The molecule has 0 saturated heterocycles. The van der Waals surface area contributed by atoms with Gasteiger partial charge in [-0.05, 0) is 36.5 Å². The van der Waals surface area contributed by atoms with Gasteiger partial charge in [-0.1, -0.05) is 25.0 Å². The van der Waals surface area contributed by atoms with Crippen molar-refractivity contribution in [2.45, 2.75) is 37.8 Å². The fraction of sp³-hybridized carbons (Fsp3) is 0.533. The molecule has 1 aromatic rings. The molecular formula is C15H21NO3. The van der Waals surface area contributed by atoms with Gasteiger partial charge in [0.25, 0.3) is 0 Å². The Morgan fingerprint density at radius 1 is 1.32 bits per heavy atom. The molecule has 1 aliphatic rings. The first-order valence-electron chi connectivity index (χ1n) is 6.75. The molecule has 3 N–H and O–H groups in total. The number of esters is 1. The molecule has 1 aliphatic carbocycles. The van der Waals surface area contributed by atoms with Gasteiger partial charge >= 0.3 is 5.97 Å². The molecule has 0 aromatic heterocycles. The number of hydrogen-bond donors (Lipinski definition) is 2. The summed E-state index contributed by atoms with van der Waals surface area (Å²) in [6.45, 7) is 0. The maximum Gasteiger partial charge on any atom is 0.337 e. The van der Waals surface area contributed by atoms with E-state index in [2.05, 4.69) is 4.74 Å². The highest BCUT2D eigenvalue weighted by atomic mass is 16.5. The van der Waals surface area contributed by atoms with E-state index in [1.54, 1.807) is 24.3 Å². The van der Waals surface area contributed by atoms with Gasteiger partial charge in [-0.2, -0.15) is 0 Å². The Morgan fingerprint density at radius 2 is 1.89 bits per heavy atom. The van der Waals surface area contributed by atoms with Crippen LogP contribution in [-0.2, 0) is 4.74 Å². The molecule has 0 aliphatic heterocycles. The minimum absolute atomic E-state index is 0.301. The molecule has 0 amide bonds. The zero-order valence-electron chi connectivity index (χ0n) is 11.2. The molecule has 0 radical (unpaired) electrons. The third kappa shape index (κ3) is 3.14. The standard InChI is InChI=1S/C15H21NO3/c1-19-15(18)12-8-6-10(7-9-12)13(16)14(17)11-4-2-3-5-11/h6-9,11,13-14,17H,2-5,16H2,1H3/t13-,14+/m0/s1. The maximum atomic E-state index is 11.3. The summed E-state index contributed by atoms with van der Waals surface area (Å²) in [5, 5.41) is 10.3. The number of benzene rings is 1. The van der Waals surface area contributed by atoms with Crippen LogP contribution in [0.2, 0.25) is 0 Å². The van der Waals surface area contributed by atoms with Gasteiger partial charge < -0.3 is 15.6 Å². The van der Waals surface area contributed by atoms with Crippen molar-refractivity contribution in [2.24, 2.45) is 11.7 Å². The Hall–Kier alpha value is -1.39. The molecule has 2 atom stereocenters. The molecule has 19 heavy (non-hydrogen) atoms. The number of carbonyl (C=O) groups excluding carboxylic acids is 1. The number of rotatable bonds is 4. The van der Waals surface area contributed by atoms with Crippen molar-refractivity contribution >= 4 is 5.97 Å². The van der Waals surface area contributed by atoms with E-state index >= 15 is 0 Å². The van der Waals surface area contributed by atoms with Crippen molar-refractivity contribution in [3.05, 3.63) is 35.4 Å². The maximum absolute atomic E-state index is 11.3. The smallest absolute Gasteiger partial charge is 0.337 e. The molecular weight excluding hydrogens is 242 g/mol. The second kappa shape index (κ2) is 6.17. The van der Waals surface area contributed by atoms with Crippen molar-refractivity contribution in [3.8, 4) is 0 Å². The molecule has 0 heterocycles. The number of carbonyl (C=O) groups is 1. The van der Waals surface area contributed by atoms with E-state index in [4.69, 9.17) is 5.73 Å². The Kier molecular flexibility index (Phi) is 4.56. The van der Waals surface area contributed by atoms with Crippen LogP contribution in [0.15, 0.2) is 24.3 Å². The predicted octanol–water partition coefficient (Wildman–Crippen LogP) is 2.02. The minimum atomic E-state index is -0.508. The Balaban J connectivity index is 2.06. The van der Waals surface area contributed by atoms with E-state index in [-0.39, 0.29) is 5.97 Å². The van der Waals surface area contributed by atoms with Crippen molar-refractivity contribution < 1.29 is 14.6 Å². The van der Waals surface area contributed by atoms with E-state index in [1.807, 2.05) is 0 Å². The fourth-order valence-corrected chi connectivity index (χ4v) is 2.75. The zero-order valence-corrected chi connectivity index (χ0v) is 11.2. The average Bonchev–Trinajstić information content (AvgIpc) is 2.99. The normalized spacial score (nSPS) is 19.1. The highest BCUT2D eigenvalue weighted by molar-refractivity contribution is 5.89. The first kappa shape index (κ1) is 14.0. The number of nitrogens with two attached hydrogens (primary N) is 1. The Bertz CT molecular complexity index is 424. The third-order valence-electron chi connectivity index (χ3n) is 3.97. The quantitative estimate of drug-likeness (QED) is 0.815. The van der Waals surface area contributed by atoms with Crippen LogP contribution in [0, 0.1) is 5.92 Å². The van der Waals surface area contributed by atoms with Crippen molar-refractivity contribution in [1.82, 2.24) is 0 Å². The fourth-order valence-electron chi connectivity index (χ4n) is 2.75. The van der Waals surface area contributed by atoms with Crippen LogP contribution in [0.5, 0.6) is 0 Å². The Morgan fingerprint density at radius 3 is 2.42 bits per heavy atom. The van der Waals surface area contributed by atoms with Crippen LogP contribution in [0.1, 0.15) is 47.6 Å². The van der Waals surface area contributed by atoms with Crippen LogP contribution in [-0.4, -0.2) is 24.3 Å². The van der Waals surface area contributed by atoms with E-state index in [0.717, 1.165) is 18.4 Å². The van der Waals surface area contributed by atoms with Gasteiger partial charge in [-0.15, -0.1) is 0 Å². The van der Waals surface area contributed by atoms with Gasteiger partial charge in [0.05, 0.1) is 24.8 Å². The lowest BCUT2D eigenvalue weighted by molar-refractivity contribution is 0.0600. The van der Waals surface area contributed by atoms with Crippen LogP contribution < -0.4 is 5.73 Å². The van der Waals surface area contributed by atoms with E-state index in [1.165, 1.54) is 20.0 Å². The molecule has 1 fully saturated rings. The molecule has 0 unspecified atom stereocenters. The van der Waals surface area contributed by atoms with E-state index < -0.39 is 12.1 Å². The lowest BCUT2D eigenvalue weighted by Gasteiger charge is -2.24. The van der Waals surface area contributed by atoms with Crippen molar-refractivity contribution in [2.75, 3.05) is 7.11 Å². The molecule has 4 heteroatoms. The molecule has 2 rings (SSSR count). The summed E-state index contributed by atoms with van der Waals surface area (Å²) < 4.78 is 4.65. The van der Waals surface area contributed by atoms with Gasteiger partial charge in [-0.25, -0.2) is 4.79 Å². The SMILES string of the molecule is COC(=O)c1ccc([C@H](N)[C@H](O)C2CCCC2)cc1. The highest BCUT2D eigenvalue weighted by Crippen LogP contribution is 2.32. The Labute approximate surface area is 113 Å². The number of aliphatic hydroxyl groups excluding tert-OH is 1. The van der Waals surface area contributed by atoms with Gasteiger partial charge in [0.2, 0.25) is 0 Å². The van der Waals surface area contributed by atoms with Crippen LogP contribution in [0.4, 0.5) is 0 Å². The van der Waals surface area contributed by atoms with Gasteiger partial charge in [0.1, 0.15) is 0 Å². The summed E-state index contributed by atoms with van der Waals surface area (Å²) >= 11 is 0. The lowest BCUT2D eigenvalue weighted by atomic mass is 9.90. The molecule has 1 aromatic carbocycles. The number of aliphatic hydroxyl groups is 1. The van der Waals surface area contributed by atoms with Crippen molar-refractivity contribution in [1.29, 1.82) is 0 Å². The molecule has 0 spiro atoms. The van der Waals surface area contributed by atoms with Gasteiger partial charge in [0, 0.05) is 0 Å². The topological polar surface area (TPSA) is 72.5 Å². The first-order valence-corrected chi connectivity index (χ1v) is 6.75. The minimum Gasteiger partial charge on any atom is -0.465 e. The third-order valence-corrected chi connectivity index (χ3v) is 3.97. The lowest BCUT2D eigenvalue weighted by Crippen LogP contribution is -2.31. The van der Waals surface area contributed by atoms with Crippen LogP contribution in [0.3, 0.4) is 0 Å². The second-order valence-electron chi connectivity index (χ2n) is 5.17. The summed E-state index contributed by atoms with van der Waals surface area (Å²) in [4.78, 5) is 11.3. The molecule has 0 bridgehead atoms. The van der Waals surface area contributed by atoms with Gasteiger partial charge in [-0.3, -0.25) is 0 Å². The summed E-state index contributed by atoms with van der Waals surface area (Å²) in [6.07, 6.45) is 3.95. The van der Waals surface area contributed by atoms with E-state index in [9.17, 15) is 9.90 Å². The first-order chi connectivity index (χ1) is 9.13. The van der Waals surface area contributed by atoms with E-state index in [0.29, 0.717) is 11.5 Å². The highest BCUT2D eigenvalue weighted by Gasteiger charge is 2.28. The monoisotopic (exact) mass is 263 g/mol. The van der Waals surface area contributed by atoms with Gasteiger partial charge in [0.15, 0.2) is 0 Å². The summed E-state index contributed by atoms with van der Waals surface area (Å²) in [6, 6.07) is 6.55. The molecule has 1 saturated carbocycles. The number of ether oxygens (including phenoxy) is 1. The summed E-state index contributed by atoms with van der Waals surface area (Å²) in [7, 11) is 1.35. The summed E-state index contributed by atoms with van der Waals surface area (Å²) in [5.41, 5.74) is 7.46. The second-order valence-corrected chi connectivity index (χ2v) is 5.17. The largest absolute Gasteiger partial charge is 0.465 e. The predicted molar refractivity (Wildman–Crippen MR) is 72.7 cm³/mol. The summed E-state index contributed by atoms with van der Waals surface area (Å²) in [5.74, 6) is -0.0632.